The van der Waals surface area contributed by atoms with Crippen molar-refractivity contribution in [3.8, 4) is 11.8 Å². The van der Waals surface area contributed by atoms with E-state index in [2.05, 4.69) is 5.32 Å². The fourth-order valence-electron chi connectivity index (χ4n) is 2.74. The quantitative estimate of drug-likeness (QED) is 0.402. The highest BCUT2D eigenvalue weighted by Gasteiger charge is 2.21. The molecule has 0 bridgehead atoms. The summed E-state index contributed by atoms with van der Waals surface area (Å²) in [5.41, 5.74) is 0.736. The summed E-state index contributed by atoms with van der Waals surface area (Å²) < 4.78 is 36.7. The van der Waals surface area contributed by atoms with Gasteiger partial charge < -0.3 is 14.8 Å². The average molecular weight is 460 g/mol. The van der Waals surface area contributed by atoms with Gasteiger partial charge in [-0.1, -0.05) is 13.8 Å². The van der Waals surface area contributed by atoms with E-state index in [-0.39, 0.29) is 30.2 Å². The van der Waals surface area contributed by atoms with E-state index >= 15 is 0 Å². The van der Waals surface area contributed by atoms with Crippen molar-refractivity contribution in [2.24, 2.45) is 0 Å². The van der Waals surface area contributed by atoms with Gasteiger partial charge in [-0.3, -0.25) is 9.59 Å². The Balaban J connectivity index is 1.76. The molecule has 0 atom stereocenters. The van der Waals surface area contributed by atoms with Crippen molar-refractivity contribution < 1.29 is 27.5 Å². The summed E-state index contributed by atoms with van der Waals surface area (Å²) in [6.45, 7) is 3.97. The average Bonchev–Trinajstić information content (AvgIpc) is 2.81. The molecular weight excluding hydrogens is 434 g/mol. The number of esters is 1. The summed E-state index contributed by atoms with van der Waals surface area (Å²) in [5.74, 6) is -0.620. The third kappa shape index (κ3) is 6.80. The summed E-state index contributed by atoms with van der Waals surface area (Å²) >= 11 is 0. The van der Waals surface area contributed by atoms with Gasteiger partial charge in [0.2, 0.25) is 10.0 Å². The SMILES string of the molecule is CCN(CC)S(=O)(=O)c1ccc(C(=O)NCC(=O)OCCOc2ccc(C#N)cc2)cc1. The molecule has 0 aliphatic heterocycles. The van der Waals surface area contributed by atoms with E-state index in [0.29, 0.717) is 24.4 Å². The Morgan fingerprint density at radius 2 is 1.62 bits per heavy atom. The number of carbonyl (C=O) groups excluding carboxylic acids is 2. The van der Waals surface area contributed by atoms with E-state index in [1.165, 1.54) is 28.6 Å². The van der Waals surface area contributed by atoms with E-state index in [9.17, 15) is 18.0 Å². The van der Waals surface area contributed by atoms with Gasteiger partial charge in [-0.05, 0) is 48.5 Å². The predicted molar refractivity (Wildman–Crippen MR) is 116 cm³/mol. The van der Waals surface area contributed by atoms with Crippen LogP contribution >= 0.6 is 0 Å². The standard InChI is InChI=1S/C22H25N3O6S/c1-3-25(4-2)32(28,29)20-11-7-18(8-12-20)22(27)24-16-21(26)31-14-13-30-19-9-5-17(15-23)6-10-19/h5-12H,3-4,13-14,16H2,1-2H3,(H,24,27). The van der Waals surface area contributed by atoms with Crippen molar-refractivity contribution in [2.75, 3.05) is 32.8 Å². The molecule has 0 fully saturated rings. The Kier molecular flexibility index (Phi) is 9.19. The largest absolute Gasteiger partial charge is 0.490 e. The normalized spacial score (nSPS) is 10.9. The third-order valence-corrected chi connectivity index (χ3v) is 6.52. The zero-order chi connectivity index (χ0) is 23.6. The monoisotopic (exact) mass is 459 g/mol. The molecule has 9 nitrogen and oxygen atoms in total. The van der Waals surface area contributed by atoms with E-state index in [4.69, 9.17) is 14.7 Å². The molecule has 0 saturated heterocycles. The number of nitrogens with zero attached hydrogens (tertiary/aromatic N) is 2. The number of sulfonamides is 1. The van der Waals surface area contributed by atoms with Gasteiger partial charge in [-0.2, -0.15) is 9.57 Å². The molecule has 2 rings (SSSR count). The lowest BCUT2D eigenvalue weighted by Gasteiger charge is -2.18. The smallest absolute Gasteiger partial charge is 0.325 e. The van der Waals surface area contributed by atoms with Crippen LogP contribution in [0.2, 0.25) is 0 Å². The number of nitrogens with one attached hydrogen (secondary N) is 1. The van der Waals surface area contributed by atoms with Crippen LogP contribution < -0.4 is 10.1 Å². The number of hydrogen-bond donors (Lipinski definition) is 1. The molecule has 0 heterocycles. The van der Waals surface area contributed by atoms with Crippen molar-refractivity contribution in [3.63, 3.8) is 0 Å². The molecule has 0 aromatic heterocycles. The Hall–Kier alpha value is -3.42. The summed E-state index contributed by atoms with van der Waals surface area (Å²) in [7, 11) is -3.60. The molecular formula is C22H25N3O6S. The first-order valence-electron chi connectivity index (χ1n) is 9.98. The lowest BCUT2D eigenvalue weighted by Crippen LogP contribution is -2.32. The maximum atomic E-state index is 12.5. The van der Waals surface area contributed by atoms with Crippen LogP contribution in [-0.4, -0.2) is 57.4 Å². The molecule has 32 heavy (non-hydrogen) atoms. The van der Waals surface area contributed by atoms with Crippen LogP contribution in [0.3, 0.4) is 0 Å². The van der Waals surface area contributed by atoms with Gasteiger partial charge in [-0.15, -0.1) is 0 Å². The first kappa shape index (κ1) is 24.8. The van der Waals surface area contributed by atoms with Crippen LogP contribution in [0.1, 0.15) is 29.8 Å². The van der Waals surface area contributed by atoms with Gasteiger partial charge >= 0.3 is 5.97 Å². The van der Waals surface area contributed by atoms with E-state index in [0.717, 1.165) is 0 Å². The first-order chi connectivity index (χ1) is 15.3. The number of benzene rings is 2. The molecule has 170 valence electrons. The highest BCUT2D eigenvalue weighted by atomic mass is 32.2. The van der Waals surface area contributed by atoms with Crippen LogP contribution in [0.4, 0.5) is 0 Å². The fraction of sp³-hybridized carbons (Fsp3) is 0.318. The van der Waals surface area contributed by atoms with Gasteiger partial charge in [-0.25, -0.2) is 8.42 Å². The Morgan fingerprint density at radius 1 is 1.00 bits per heavy atom. The van der Waals surface area contributed by atoms with Crippen molar-refractivity contribution in [1.82, 2.24) is 9.62 Å². The van der Waals surface area contributed by atoms with E-state index in [1.807, 2.05) is 6.07 Å². The lowest BCUT2D eigenvalue weighted by atomic mass is 10.2. The van der Waals surface area contributed by atoms with Gasteiger partial charge in [0.25, 0.3) is 5.91 Å². The van der Waals surface area contributed by atoms with Crippen LogP contribution in [0.15, 0.2) is 53.4 Å². The van der Waals surface area contributed by atoms with Gasteiger partial charge in [0.05, 0.1) is 16.5 Å². The minimum absolute atomic E-state index is 0.00732. The zero-order valence-corrected chi connectivity index (χ0v) is 18.7. The second-order valence-electron chi connectivity index (χ2n) is 6.50. The number of carbonyl (C=O) groups is 2. The van der Waals surface area contributed by atoms with E-state index < -0.39 is 21.9 Å². The minimum atomic E-state index is -3.60. The number of rotatable bonds is 11. The second-order valence-corrected chi connectivity index (χ2v) is 8.44. The maximum Gasteiger partial charge on any atom is 0.325 e. The molecule has 2 aromatic rings. The van der Waals surface area contributed by atoms with Gasteiger partial charge in [0.1, 0.15) is 25.5 Å². The minimum Gasteiger partial charge on any atom is -0.490 e. The number of hydrogen-bond acceptors (Lipinski definition) is 7. The highest BCUT2D eigenvalue weighted by Crippen LogP contribution is 2.16. The summed E-state index contributed by atoms with van der Waals surface area (Å²) in [4.78, 5) is 24.1. The zero-order valence-electron chi connectivity index (χ0n) is 17.9. The molecule has 0 saturated carbocycles. The molecule has 0 spiro atoms. The Bertz CT molecular complexity index is 1060. The number of nitriles is 1. The molecule has 0 unspecified atom stereocenters. The molecule has 1 N–H and O–H groups in total. The second kappa shape index (κ2) is 11.8. The van der Waals surface area contributed by atoms with Crippen molar-refractivity contribution in [2.45, 2.75) is 18.7 Å². The van der Waals surface area contributed by atoms with Gasteiger partial charge in [0, 0.05) is 18.7 Å². The molecule has 2 aromatic carbocycles. The van der Waals surface area contributed by atoms with Crippen LogP contribution in [0, 0.1) is 11.3 Å². The molecule has 0 radical (unpaired) electrons. The Labute approximate surface area is 187 Å². The highest BCUT2D eigenvalue weighted by molar-refractivity contribution is 7.89. The van der Waals surface area contributed by atoms with Crippen LogP contribution in [0.5, 0.6) is 5.75 Å². The maximum absolute atomic E-state index is 12.5. The summed E-state index contributed by atoms with van der Waals surface area (Å²) in [6.07, 6.45) is 0. The molecule has 10 heteroatoms. The van der Waals surface area contributed by atoms with Crippen molar-refractivity contribution in [1.29, 1.82) is 5.26 Å². The topological polar surface area (TPSA) is 126 Å². The Morgan fingerprint density at radius 3 is 2.19 bits per heavy atom. The van der Waals surface area contributed by atoms with Crippen molar-refractivity contribution >= 4 is 21.9 Å². The first-order valence-corrected chi connectivity index (χ1v) is 11.4. The van der Waals surface area contributed by atoms with Gasteiger partial charge in [0.15, 0.2) is 0 Å². The van der Waals surface area contributed by atoms with Crippen molar-refractivity contribution in [3.05, 3.63) is 59.7 Å². The van der Waals surface area contributed by atoms with Crippen LogP contribution in [-0.2, 0) is 19.6 Å². The molecule has 0 aliphatic rings. The van der Waals surface area contributed by atoms with Crippen LogP contribution in [0.25, 0.3) is 0 Å². The summed E-state index contributed by atoms with van der Waals surface area (Å²) in [6, 6.07) is 14.0. The fourth-order valence-corrected chi connectivity index (χ4v) is 4.20. The summed E-state index contributed by atoms with van der Waals surface area (Å²) in [5, 5.41) is 11.2. The third-order valence-electron chi connectivity index (χ3n) is 4.45. The number of amides is 1. The van der Waals surface area contributed by atoms with E-state index in [1.54, 1.807) is 38.1 Å². The lowest BCUT2D eigenvalue weighted by molar-refractivity contribution is -0.143. The molecule has 0 aliphatic carbocycles. The predicted octanol–water partition coefficient (Wildman–Crippen LogP) is 1.94. The number of ether oxygens (including phenoxy) is 2. The molecule has 1 amide bonds.